The molecule has 1 aliphatic carbocycles. The van der Waals surface area contributed by atoms with Gasteiger partial charge >= 0.3 is 0 Å². The third-order valence-corrected chi connectivity index (χ3v) is 6.67. The number of amides is 1. The molecule has 0 unspecified atom stereocenters. The summed E-state index contributed by atoms with van der Waals surface area (Å²) in [6.45, 7) is 6.22. The molecule has 30 heavy (non-hydrogen) atoms. The third kappa shape index (κ3) is 3.23. The van der Waals surface area contributed by atoms with Crippen molar-refractivity contribution in [1.29, 1.82) is 0 Å². The quantitative estimate of drug-likeness (QED) is 0.697. The third-order valence-electron chi connectivity index (χ3n) is 6.67. The standard InChI is InChI=1S/C23H27N5O2/c1-15-12-17(27-11-10-23(2,14-27)16-6-4-3-5-7-16)13-28-21(15)25-20(26-28)22(30)24-18-8-9-19(18)29/h3-7,12-13,18-19,29H,8-11,14H2,1-2H3,(H,24,30)/t18-,19+,23+/m1/s1. The van der Waals surface area contributed by atoms with E-state index in [1.165, 1.54) is 5.56 Å². The first-order valence-electron chi connectivity index (χ1n) is 10.6. The molecule has 3 aromatic rings. The van der Waals surface area contributed by atoms with Crippen LogP contribution in [0.4, 0.5) is 5.69 Å². The lowest BCUT2D eigenvalue weighted by molar-refractivity contribution is 0.0443. The summed E-state index contributed by atoms with van der Waals surface area (Å²) in [5.74, 6) is -0.189. The number of nitrogens with zero attached hydrogens (tertiary/aromatic N) is 4. The van der Waals surface area contributed by atoms with Crippen LogP contribution in [0.3, 0.4) is 0 Å². The summed E-state index contributed by atoms with van der Waals surface area (Å²) >= 11 is 0. The van der Waals surface area contributed by atoms with Gasteiger partial charge in [-0.15, -0.1) is 5.10 Å². The van der Waals surface area contributed by atoms with E-state index < -0.39 is 6.10 Å². The van der Waals surface area contributed by atoms with Gasteiger partial charge in [-0.3, -0.25) is 4.79 Å². The van der Waals surface area contributed by atoms with Crippen LogP contribution in [-0.4, -0.2) is 50.8 Å². The monoisotopic (exact) mass is 405 g/mol. The Balaban J connectivity index is 1.39. The van der Waals surface area contributed by atoms with Crippen molar-refractivity contribution >= 4 is 17.2 Å². The maximum Gasteiger partial charge on any atom is 0.291 e. The molecule has 7 heteroatoms. The molecule has 3 atom stereocenters. The molecule has 0 bridgehead atoms. The summed E-state index contributed by atoms with van der Waals surface area (Å²) in [7, 11) is 0. The second-order valence-corrected chi connectivity index (χ2v) is 8.91. The molecule has 1 saturated carbocycles. The van der Waals surface area contributed by atoms with E-state index in [1.54, 1.807) is 4.52 Å². The summed E-state index contributed by atoms with van der Waals surface area (Å²) in [6.07, 6.45) is 4.10. The lowest BCUT2D eigenvalue weighted by Crippen LogP contribution is -2.50. The zero-order chi connectivity index (χ0) is 20.9. The number of nitrogens with one attached hydrogen (secondary N) is 1. The Bertz CT molecular complexity index is 1100. The summed E-state index contributed by atoms with van der Waals surface area (Å²) in [5, 5.41) is 16.9. The summed E-state index contributed by atoms with van der Waals surface area (Å²) in [6, 6.07) is 12.6. The maximum absolute atomic E-state index is 12.5. The highest BCUT2D eigenvalue weighted by molar-refractivity contribution is 5.91. The van der Waals surface area contributed by atoms with Crippen molar-refractivity contribution < 1.29 is 9.90 Å². The minimum Gasteiger partial charge on any atom is -0.391 e. The van der Waals surface area contributed by atoms with Crippen LogP contribution in [0.2, 0.25) is 0 Å². The molecule has 3 heterocycles. The molecular weight excluding hydrogens is 378 g/mol. The first kappa shape index (κ1) is 19.1. The van der Waals surface area contributed by atoms with E-state index in [4.69, 9.17) is 0 Å². The van der Waals surface area contributed by atoms with Gasteiger partial charge in [-0.05, 0) is 43.4 Å². The molecule has 156 valence electrons. The van der Waals surface area contributed by atoms with Gasteiger partial charge in [0.05, 0.1) is 24.0 Å². The highest BCUT2D eigenvalue weighted by atomic mass is 16.3. The summed E-state index contributed by atoms with van der Waals surface area (Å²) in [4.78, 5) is 19.3. The number of hydrogen-bond acceptors (Lipinski definition) is 5. The van der Waals surface area contributed by atoms with Gasteiger partial charge in [0.25, 0.3) is 5.91 Å². The van der Waals surface area contributed by atoms with Gasteiger partial charge in [-0.1, -0.05) is 37.3 Å². The topological polar surface area (TPSA) is 82.8 Å². The number of aliphatic hydroxyl groups is 1. The highest BCUT2D eigenvalue weighted by Gasteiger charge is 2.36. The minimum absolute atomic E-state index is 0.112. The smallest absolute Gasteiger partial charge is 0.291 e. The molecule has 2 fully saturated rings. The Morgan fingerprint density at radius 2 is 2.07 bits per heavy atom. The summed E-state index contributed by atoms with van der Waals surface area (Å²) in [5.41, 5.74) is 4.23. The van der Waals surface area contributed by atoms with Gasteiger partial charge in [0.2, 0.25) is 5.82 Å². The average molecular weight is 406 g/mol. The molecule has 1 saturated heterocycles. The van der Waals surface area contributed by atoms with Crippen LogP contribution in [0, 0.1) is 6.92 Å². The van der Waals surface area contributed by atoms with Crippen molar-refractivity contribution in [2.24, 2.45) is 0 Å². The maximum atomic E-state index is 12.5. The number of aliphatic hydroxyl groups excluding tert-OH is 1. The molecule has 7 nitrogen and oxygen atoms in total. The van der Waals surface area contributed by atoms with Crippen LogP contribution in [0.5, 0.6) is 0 Å². The Morgan fingerprint density at radius 3 is 2.77 bits per heavy atom. The zero-order valence-corrected chi connectivity index (χ0v) is 17.4. The number of rotatable bonds is 4. The molecule has 2 N–H and O–H groups in total. The van der Waals surface area contributed by atoms with E-state index >= 15 is 0 Å². The van der Waals surface area contributed by atoms with E-state index in [-0.39, 0.29) is 23.2 Å². The van der Waals surface area contributed by atoms with Crippen LogP contribution in [0.15, 0.2) is 42.6 Å². The van der Waals surface area contributed by atoms with Gasteiger partial charge in [-0.2, -0.15) is 0 Å². The van der Waals surface area contributed by atoms with Crippen LogP contribution < -0.4 is 10.2 Å². The second-order valence-electron chi connectivity index (χ2n) is 8.91. The fourth-order valence-corrected chi connectivity index (χ4v) is 4.54. The van der Waals surface area contributed by atoms with Gasteiger partial charge in [0.1, 0.15) is 0 Å². The fourth-order valence-electron chi connectivity index (χ4n) is 4.54. The van der Waals surface area contributed by atoms with Gasteiger partial charge in [0, 0.05) is 18.5 Å². The van der Waals surface area contributed by atoms with Crippen LogP contribution in [0.1, 0.15) is 47.9 Å². The van der Waals surface area contributed by atoms with Gasteiger partial charge in [0.15, 0.2) is 5.65 Å². The van der Waals surface area contributed by atoms with Crippen molar-refractivity contribution in [3.05, 3.63) is 59.5 Å². The largest absolute Gasteiger partial charge is 0.391 e. The predicted octanol–water partition coefficient (Wildman–Crippen LogP) is 2.46. The number of fused-ring (bicyclic) bond motifs is 1. The number of hydrogen-bond donors (Lipinski definition) is 2. The lowest BCUT2D eigenvalue weighted by Gasteiger charge is -2.32. The number of benzene rings is 1. The molecule has 0 radical (unpaired) electrons. The molecule has 2 aromatic heterocycles. The Labute approximate surface area is 175 Å². The number of aryl methyl sites for hydroxylation is 1. The van der Waals surface area contributed by atoms with E-state index in [2.05, 4.69) is 63.6 Å². The highest BCUT2D eigenvalue weighted by Crippen LogP contribution is 2.36. The van der Waals surface area contributed by atoms with Crippen LogP contribution >= 0.6 is 0 Å². The van der Waals surface area contributed by atoms with E-state index in [1.807, 2.05) is 13.1 Å². The van der Waals surface area contributed by atoms with Crippen LogP contribution in [-0.2, 0) is 5.41 Å². The number of anilines is 1. The molecule has 0 spiro atoms. The number of aromatic nitrogens is 3. The van der Waals surface area contributed by atoms with E-state index in [9.17, 15) is 9.90 Å². The molecule has 1 aliphatic heterocycles. The molecule has 5 rings (SSSR count). The van der Waals surface area contributed by atoms with Crippen molar-refractivity contribution in [3.8, 4) is 0 Å². The Morgan fingerprint density at radius 1 is 1.27 bits per heavy atom. The van der Waals surface area contributed by atoms with E-state index in [0.717, 1.165) is 43.6 Å². The SMILES string of the molecule is Cc1cc(N2CC[C@](C)(c3ccccc3)C2)cn2nc(C(=O)N[C@@H]3CC[C@@H]3O)nc12. The van der Waals surface area contributed by atoms with Crippen LogP contribution in [0.25, 0.3) is 5.65 Å². The van der Waals surface area contributed by atoms with Gasteiger partial charge in [-0.25, -0.2) is 9.50 Å². The molecule has 1 amide bonds. The van der Waals surface area contributed by atoms with Crippen molar-refractivity contribution in [2.45, 2.75) is 50.7 Å². The van der Waals surface area contributed by atoms with E-state index in [0.29, 0.717) is 5.65 Å². The Kier molecular flexibility index (Phi) is 4.50. The Hall–Kier alpha value is -2.93. The first-order valence-corrected chi connectivity index (χ1v) is 10.6. The molecule has 2 aliphatic rings. The average Bonchev–Trinajstić information content (AvgIpc) is 3.36. The minimum atomic E-state index is -0.464. The predicted molar refractivity (Wildman–Crippen MR) is 115 cm³/mol. The first-order chi connectivity index (χ1) is 14.4. The fraction of sp³-hybridized carbons (Fsp3) is 0.435. The number of pyridine rings is 1. The number of carbonyl (C=O) groups excluding carboxylic acids is 1. The molecule has 1 aromatic carbocycles. The van der Waals surface area contributed by atoms with Crippen molar-refractivity contribution in [3.63, 3.8) is 0 Å². The second kappa shape index (κ2) is 7.09. The lowest BCUT2D eigenvalue weighted by atomic mass is 9.82. The normalized spacial score (nSPS) is 26.0. The summed E-state index contributed by atoms with van der Waals surface area (Å²) < 4.78 is 1.70. The zero-order valence-electron chi connectivity index (χ0n) is 17.4. The van der Waals surface area contributed by atoms with Gasteiger partial charge < -0.3 is 15.3 Å². The molecular formula is C23H27N5O2. The van der Waals surface area contributed by atoms with Crippen molar-refractivity contribution in [1.82, 2.24) is 19.9 Å². The number of carbonyl (C=O) groups is 1. The van der Waals surface area contributed by atoms with Crippen molar-refractivity contribution in [2.75, 3.05) is 18.0 Å².